The van der Waals surface area contributed by atoms with E-state index in [1.54, 1.807) is 0 Å². The summed E-state index contributed by atoms with van der Waals surface area (Å²) in [6.07, 6.45) is 2.88. The third-order valence-corrected chi connectivity index (χ3v) is 8.10. The molecule has 0 aromatic rings. The van der Waals surface area contributed by atoms with Gasteiger partial charge >= 0.3 is 6.09 Å². The second-order valence-electron chi connectivity index (χ2n) is 6.03. The van der Waals surface area contributed by atoms with Crippen LogP contribution in [0.1, 0.15) is 20.8 Å². The molecule has 0 saturated carbocycles. The summed E-state index contributed by atoms with van der Waals surface area (Å²) in [5.74, 6) is 0. The van der Waals surface area contributed by atoms with Gasteiger partial charge in [-0.15, -0.1) is 0 Å². The van der Waals surface area contributed by atoms with Gasteiger partial charge in [-0.25, -0.2) is 4.79 Å². The van der Waals surface area contributed by atoms with Crippen LogP contribution in [0, 0.1) is 0 Å². The smallest absolute Gasteiger partial charge is 0.407 e. The first-order chi connectivity index (χ1) is 7.63. The first-order valence-corrected chi connectivity index (χ1v) is 8.87. The molecular formula is C12H23NO3Si. The largest absolute Gasteiger partial charge is 0.465 e. The summed E-state index contributed by atoms with van der Waals surface area (Å²) in [6, 6.07) is 0. The molecule has 1 aliphatic heterocycles. The van der Waals surface area contributed by atoms with Gasteiger partial charge in [0.1, 0.15) is 0 Å². The fourth-order valence-corrected chi connectivity index (χ4v) is 2.74. The minimum absolute atomic E-state index is 0.0965. The number of carboxylic acid groups (broad SMARTS) is 1. The summed E-state index contributed by atoms with van der Waals surface area (Å²) in [5, 5.41) is 9.11. The Kier molecular flexibility index (Phi) is 4.04. The van der Waals surface area contributed by atoms with Crippen molar-refractivity contribution < 1.29 is 14.3 Å². The second kappa shape index (κ2) is 4.82. The topological polar surface area (TPSA) is 49.8 Å². The van der Waals surface area contributed by atoms with E-state index in [9.17, 15) is 4.79 Å². The molecular weight excluding hydrogens is 234 g/mol. The van der Waals surface area contributed by atoms with E-state index < -0.39 is 14.4 Å². The molecule has 1 atom stereocenters. The summed E-state index contributed by atoms with van der Waals surface area (Å²) in [4.78, 5) is 12.3. The molecule has 0 saturated heterocycles. The normalized spacial score (nSPS) is 21.7. The molecule has 0 bridgehead atoms. The van der Waals surface area contributed by atoms with Crippen LogP contribution in [0.4, 0.5) is 4.79 Å². The van der Waals surface area contributed by atoms with Crippen molar-refractivity contribution in [1.29, 1.82) is 0 Å². The average Bonchev–Trinajstić information content (AvgIpc) is 2.15. The Bertz CT molecular complexity index is 320. The van der Waals surface area contributed by atoms with Crippen LogP contribution >= 0.6 is 0 Å². The maximum Gasteiger partial charge on any atom is 0.407 e. The average molecular weight is 257 g/mol. The van der Waals surface area contributed by atoms with Gasteiger partial charge in [-0.2, -0.15) is 0 Å². The first kappa shape index (κ1) is 14.2. The Balaban J connectivity index is 2.67. The molecule has 1 heterocycles. The Hall–Kier alpha value is -0.813. The maximum atomic E-state index is 10.9. The number of nitrogens with zero attached hydrogens (tertiary/aromatic N) is 1. The SMILES string of the molecule is CC(C)(C)[Si](C)(C)OC1C=CCN(C(=O)O)C1. The summed E-state index contributed by atoms with van der Waals surface area (Å²) < 4.78 is 6.17. The lowest BCUT2D eigenvalue weighted by atomic mass is 10.2. The number of amides is 1. The van der Waals surface area contributed by atoms with E-state index in [1.807, 2.05) is 12.2 Å². The lowest BCUT2D eigenvalue weighted by Gasteiger charge is -2.40. The van der Waals surface area contributed by atoms with Crippen LogP contribution in [0.25, 0.3) is 0 Å². The lowest BCUT2D eigenvalue weighted by Crippen LogP contribution is -2.48. The van der Waals surface area contributed by atoms with E-state index in [0.717, 1.165) is 0 Å². The molecule has 1 rings (SSSR count). The van der Waals surface area contributed by atoms with Gasteiger partial charge in [0.05, 0.1) is 12.6 Å². The van der Waals surface area contributed by atoms with Crippen molar-refractivity contribution in [1.82, 2.24) is 4.90 Å². The number of hydrogen-bond donors (Lipinski definition) is 1. The molecule has 98 valence electrons. The second-order valence-corrected chi connectivity index (χ2v) is 10.8. The van der Waals surface area contributed by atoms with Crippen molar-refractivity contribution in [2.75, 3.05) is 13.1 Å². The van der Waals surface area contributed by atoms with E-state index in [-0.39, 0.29) is 11.1 Å². The van der Waals surface area contributed by atoms with E-state index >= 15 is 0 Å². The van der Waals surface area contributed by atoms with Gasteiger partial charge in [-0.1, -0.05) is 32.9 Å². The van der Waals surface area contributed by atoms with Crippen LogP contribution in [0.3, 0.4) is 0 Å². The standard InChI is InChI=1S/C12H23NO3Si/c1-12(2,3)17(4,5)16-10-7-6-8-13(9-10)11(14)15/h6-7,10H,8-9H2,1-5H3,(H,14,15). The molecule has 1 amide bonds. The Morgan fingerprint density at radius 3 is 2.53 bits per heavy atom. The highest BCUT2D eigenvalue weighted by Gasteiger charge is 2.39. The molecule has 1 unspecified atom stereocenters. The van der Waals surface area contributed by atoms with E-state index in [4.69, 9.17) is 9.53 Å². The molecule has 1 N–H and O–H groups in total. The lowest BCUT2D eigenvalue weighted by molar-refractivity contribution is 0.117. The summed E-state index contributed by atoms with van der Waals surface area (Å²) in [5.41, 5.74) is 0. The summed E-state index contributed by atoms with van der Waals surface area (Å²) in [6.45, 7) is 11.8. The minimum atomic E-state index is -1.83. The Morgan fingerprint density at radius 2 is 2.06 bits per heavy atom. The van der Waals surface area contributed by atoms with Crippen LogP contribution in [0.5, 0.6) is 0 Å². The van der Waals surface area contributed by atoms with E-state index in [2.05, 4.69) is 33.9 Å². The summed E-state index contributed by atoms with van der Waals surface area (Å²) in [7, 11) is -1.83. The van der Waals surface area contributed by atoms with Crippen LogP contribution in [0.2, 0.25) is 18.1 Å². The maximum absolute atomic E-state index is 10.9. The molecule has 1 aliphatic rings. The molecule has 4 nitrogen and oxygen atoms in total. The predicted molar refractivity (Wildman–Crippen MR) is 70.8 cm³/mol. The highest BCUT2D eigenvalue weighted by atomic mass is 28.4. The van der Waals surface area contributed by atoms with Crippen LogP contribution in [0.15, 0.2) is 12.2 Å². The molecule has 0 fully saturated rings. The highest BCUT2D eigenvalue weighted by molar-refractivity contribution is 6.74. The first-order valence-electron chi connectivity index (χ1n) is 5.96. The third kappa shape index (κ3) is 3.57. The van der Waals surface area contributed by atoms with Crippen molar-refractivity contribution in [3.63, 3.8) is 0 Å². The van der Waals surface area contributed by atoms with Gasteiger partial charge < -0.3 is 14.4 Å². The van der Waals surface area contributed by atoms with Gasteiger partial charge in [0.25, 0.3) is 0 Å². The van der Waals surface area contributed by atoms with Crippen molar-refractivity contribution in [2.45, 2.75) is 45.0 Å². The fourth-order valence-electron chi connectivity index (χ4n) is 1.48. The summed E-state index contributed by atoms with van der Waals surface area (Å²) >= 11 is 0. The van der Waals surface area contributed by atoms with Crippen molar-refractivity contribution in [3.05, 3.63) is 12.2 Å². The van der Waals surface area contributed by atoms with Crippen LogP contribution in [-0.2, 0) is 4.43 Å². The number of carbonyl (C=O) groups is 1. The van der Waals surface area contributed by atoms with Gasteiger partial charge in [0.2, 0.25) is 0 Å². The van der Waals surface area contributed by atoms with Crippen LogP contribution in [-0.4, -0.2) is 43.6 Å². The van der Waals surface area contributed by atoms with E-state index in [0.29, 0.717) is 13.1 Å². The Morgan fingerprint density at radius 1 is 1.47 bits per heavy atom. The van der Waals surface area contributed by atoms with Crippen molar-refractivity contribution in [2.24, 2.45) is 0 Å². The molecule has 0 spiro atoms. The molecule has 0 aromatic carbocycles. The third-order valence-electron chi connectivity index (χ3n) is 3.60. The van der Waals surface area contributed by atoms with E-state index in [1.165, 1.54) is 4.90 Å². The highest BCUT2D eigenvalue weighted by Crippen LogP contribution is 2.37. The van der Waals surface area contributed by atoms with Gasteiger partial charge in [0, 0.05) is 6.54 Å². The molecule has 0 aliphatic carbocycles. The molecule has 0 radical (unpaired) electrons. The van der Waals surface area contributed by atoms with Gasteiger partial charge in [-0.05, 0) is 18.1 Å². The minimum Gasteiger partial charge on any atom is -0.465 e. The fraction of sp³-hybridized carbons (Fsp3) is 0.750. The monoisotopic (exact) mass is 257 g/mol. The van der Waals surface area contributed by atoms with Gasteiger partial charge in [-0.3, -0.25) is 0 Å². The number of hydrogen-bond acceptors (Lipinski definition) is 2. The zero-order valence-corrected chi connectivity index (χ0v) is 12.4. The predicted octanol–water partition coefficient (Wildman–Crippen LogP) is 2.93. The zero-order chi connectivity index (χ0) is 13.3. The zero-order valence-electron chi connectivity index (χ0n) is 11.4. The van der Waals surface area contributed by atoms with Gasteiger partial charge in [0.15, 0.2) is 8.32 Å². The molecule has 5 heteroatoms. The Labute approximate surface area is 104 Å². The number of rotatable bonds is 2. The quantitative estimate of drug-likeness (QED) is 0.611. The van der Waals surface area contributed by atoms with Crippen molar-refractivity contribution >= 4 is 14.4 Å². The molecule has 17 heavy (non-hydrogen) atoms. The molecule has 0 aromatic heterocycles. The van der Waals surface area contributed by atoms with Crippen molar-refractivity contribution in [3.8, 4) is 0 Å². The van der Waals surface area contributed by atoms with Crippen LogP contribution < -0.4 is 0 Å².